The lowest BCUT2D eigenvalue weighted by Gasteiger charge is -2.09. The van der Waals surface area contributed by atoms with Crippen molar-refractivity contribution in [2.24, 2.45) is 10.7 Å². The van der Waals surface area contributed by atoms with Gasteiger partial charge in [0.15, 0.2) is 0 Å². The Balaban J connectivity index is 1.85. The van der Waals surface area contributed by atoms with Crippen molar-refractivity contribution >= 4 is 34.4 Å². The van der Waals surface area contributed by atoms with Gasteiger partial charge in [0.05, 0.1) is 23.4 Å². The van der Waals surface area contributed by atoms with Crippen LogP contribution in [0, 0.1) is 6.92 Å². The number of hydrogen-bond acceptors (Lipinski definition) is 6. The van der Waals surface area contributed by atoms with Crippen LogP contribution in [-0.4, -0.2) is 35.5 Å². The van der Waals surface area contributed by atoms with Gasteiger partial charge in [-0.3, -0.25) is 10.1 Å². The van der Waals surface area contributed by atoms with E-state index in [0.717, 1.165) is 16.8 Å². The first-order chi connectivity index (χ1) is 13.5. The van der Waals surface area contributed by atoms with Gasteiger partial charge in [0.1, 0.15) is 5.75 Å². The van der Waals surface area contributed by atoms with E-state index in [1.54, 1.807) is 25.2 Å². The number of aliphatic imine (C=N–C) groups is 1. The Morgan fingerprint density at radius 2 is 2.00 bits per heavy atom. The molecule has 0 bridgehead atoms. The van der Waals surface area contributed by atoms with Crippen LogP contribution in [0.5, 0.6) is 5.75 Å². The fourth-order valence-corrected chi connectivity index (χ4v) is 2.77. The van der Waals surface area contributed by atoms with E-state index >= 15 is 0 Å². The topological polar surface area (TPSA) is 115 Å². The molecule has 3 aromatic rings. The molecule has 0 unspecified atom stereocenters. The summed E-state index contributed by atoms with van der Waals surface area (Å²) in [7, 11) is 1.74. The molecule has 0 saturated heterocycles. The molecule has 3 rings (SSSR count). The molecular formula is C20H22N6O2. The summed E-state index contributed by atoms with van der Waals surface area (Å²) in [5, 5.41) is 6.40. The van der Waals surface area contributed by atoms with E-state index in [-0.39, 0.29) is 17.8 Å². The van der Waals surface area contributed by atoms with Crippen LogP contribution >= 0.6 is 0 Å². The summed E-state index contributed by atoms with van der Waals surface area (Å²) in [5.74, 6) is 0.479. The number of hydrogen-bond donors (Lipinski definition) is 3. The summed E-state index contributed by atoms with van der Waals surface area (Å²) < 4.78 is 5.51. The average Bonchev–Trinajstić information content (AvgIpc) is 2.68. The van der Waals surface area contributed by atoms with Crippen molar-refractivity contribution in [3.63, 3.8) is 0 Å². The molecule has 0 atom stereocenters. The second kappa shape index (κ2) is 8.34. The van der Waals surface area contributed by atoms with Gasteiger partial charge in [-0.25, -0.2) is 9.97 Å². The average molecular weight is 378 g/mol. The summed E-state index contributed by atoms with van der Waals surface area (Å²) in [5.41, 5.74) is 8.50. The van der Waals surface area contributed by atoms with Gasteiger partial charge in [0.25, 0.3) is 11.9 Å². The minimum atomic E-state index is -0.370. The third kappa shape index (κ3) is 4.17. The highest BCUT2D eigenvalue weighted by Gasteiger charge is 2.12. The standard InChI is InChI=1S/C20H22N6O2/c1-4-28-13-9-10-17-15(11-13)12(2)23-20(24-17)26-19(21)25-18(27)14-7-5-6-8-16(14)22-3/h5-11,22H,4H2,1-3H3,(H3,21,23,24,25,26,27). The van der Waals surface area contributed by atoms with E-state index in [9.17, 15) is 4.79 Å². The highest BCUT2D eigenvalue weighted by Crippen LogP contribution is 2.23. The monoisotopic (exact) mass is 378 g/mol. The maximum Gasteiger partial charge on any atom is 0.260 e. The summed E-state index contributed by atoms with van der Waals surface area (Å²) in [4.78, 5) is 25.3. The molecule has 8 heteroatoms. The second-order valence-electron chi connectivity index (χ2n) is 5.97. The lowest BCUT2D eigenvalue weighted by molar-refractivity contribution is 0.0977. The zero-order valence-corrected chi connectivity index (χ0v) is 16.0. The first-order valence-electron chi connectivity index (χ1n) is 8.85. The van der Waals surface area contributed by atoms with Gasteiger partial charge in [0.2, 0.25) is 5.96 Å². The number of nitrogens with two attached hydrogens (primary N) is 1. The second-order valence-corrected chi connectivity index (χ2v) is 5.97. The van der Waals surface area contributed by atoms with Gasteiger partial charge < -0.3 is 15.8 Å². The molecule has 0 radical (unpaired) electrons. The zero-order valence-electron chi connectivity index (χ0n) is 16.0. The molecule has 144 valence electrons. The number of nitrogens with one attached hydrogen (secondary N) is 2. The molecular weight excluding hydrogens is 356 g/mol. The number of aromatic nitrogens is 2. The first kappa shape index (κ1) is 19.1. The Morgan fingerprint density at radius 3 is 2.75 bits per heavy atom. The highest BCUT2D eigenvalue weighted by atomic mass is 16.5. The van der Waals surface area contributed by atoms with E-state index in [1.165, 1.54) is 0 Å². The summed E-state index contributed by atoms with van der Waals surface area (Å²) in [6, 6.07) is 12.7. The van der Waals surface area contributed by atoms with E-state index in [4.69, 9.17) is 10.5 Å². The van der Waals surface area contributed by atoms with Gasteiger partial charge >= 0.3 is 0 Å². The molecule has 0 saturated carbocycles. The van der Waals surface area contributed by atoms with E-state index in [0.29, 0.717) is 23.4 Å². The van der Waals surface area contributed by atoms with Crippen LogP contribution < -0.4 is 21.1 Å². The van der Waals surface area contributed by atoms with Crippen LogP contribution in [-0.2, 0) is 0 Å². The van der Waals surface area contributed by atoms with Crippen LogP contribution in [0.25, 0.3) is 10.9 Å². The highest BCUT2D eigenvalue weighted by molar-refractivity contribution is 6.08. The summed E-state index contributed by atoms with van der Waals surface area (Å²) in [6.07, 6.45) is 0. The van der Waals surface area contributed by atoms with E-state index in [1.807, 2.05) is 38.1 Å². The SMILES string of the molecule is CCOc1ccc2nc(/N=C(/N)NC(=O)c3ccccc3NC)nc(C)c2c1. The molecule has 28 heavy (non-hydrogen) atoms. The van der Waals surface area contributed by atoms with Crippen molar-refractivity contribution in [2.75, 3.05) is 19.0 Å². The molecule has 8 nitrogen and oxygen atoms in total. The van der Waals surface area contributed by atoms with Crippen molar-refractivity contribution < 1.29 is 9.53 Å². The molecule has 1 aromatic heterocycles. The predicted octanol–water partition coefficient (Wildman–Crippen LogP) is 2.75. The minimum Gasteiger partial charge on any atom is -0.494 e. The van der Waals surface area contributed by atoms with Crippen LogP contribution in [0.3, 0.4) is 0 Å². The number of amides is 1. The van der Waals surface area contributed by atoms with Gasteiger partial charge in [-0.15, -0.1) is 0 Å². The van der Waals surface area contributed by atoms with E-state index in [2.05, 4.69) is 25.6 Å². The van der Waals surface area contributed by atoms with Crippen LogP contribution in [0.4, 0.5) is 11.6 Å². The lowest BCUT2D eigenvalue weighted by Crippen LogP contribution is -2.36. The van der Waals surface area contributed by atoms with Gasteiger partial charge in [-0.1, -0.05) is 12.1 Å². The van der Waals surface area contributed by atoms with E-state index < -0.39 is 0 Å². The minimum absolute atomic E-state index is 0.0828. The zero-order chi connectivity index (χ0) is 20.1. The van der Waals surface area contributed by atoms with Crippen LogP contribution in [0.15, 0.2) is 47.5 Å². The number of carbonyl (C=O) groups is 1. The van der Waals surface area contributed by atoms with Crippen molar-refractivity contribution in [1.29, 1.82) is 0 Å². The van der Waals surface area contributed by atoms with Gasteiger partial charge in [-0.2, -0.15) is 4.99 Å². The number of anilines is 1. The fraction of sp³-hybridized carbons (Fsp3) is 0.200. The van der Waals surface area contributed by atoms with Gasteiger partial charge in [-0.05, 0) is 44.2 Å². The molecule has 0 aliphatic carbocycles. The molecule has 4 N–H and O–H groups in total. The number of carbonyl (C=O) groups excluding carboxylic acids is 1. The Labute approximate surface area is 162 Å². The summed E-state index contributed by atoms with van der Waals surface area (Å²) in [6.45, 7) is 4.37. The molecule has 1 heterocycles. The lowest BCUT2D eigenvalue weighted by atomic mass is 10.1. The fourth-order valence-electron chi connectivity index (χ4n) is 2.77. The van der Waals surface area contributed by atoms with Crippen molar-refractivity contribution in [1.82, 2.24) is 15.3 Å². The van der Waals surface area contributed by atoms with Crippen LogP contribution in [0.1, 0.15) is 23.0 Å². The number of benzene rings is 2. The maximum atomic E-state index is 12.4. The number of guanidine groups is 1. The number of para-hydroxylation sites is 1. The van der Waals surface area contributed by atoms with Gasteiger partial charge in [0, 0.05) is 18.1 Å². The predicted molar refractivity (Wildman–Crippen MR) is 110 cm³/mol. The Kier molecular flexibility index (Phi) is 5.69. The van der Waals surface area contributed by atoms with Crippen LogP contribution in [0.2, 0.25) is 0 Å². The summed E-state index contributed by atoms with van der Waals surface area (Å²) >= 11 is 0. The van der Waals surface area contributed by atoms with Crippen molar-refractivity contribution in [3.05, 3.63) is 53.7 Å². The molecule has 0 aliphatic rings. The largest absolute Gasteiger partial charge is 0.494 e. The van der Waals surface area contributed by atoms with Crippen molar-refractivity contribution in [2.45, 2.75) is 13.8 Å². The maximum absolute atomic E-state index is 12.4. The number of rotatable bonds is 5. The quantitative estimate of drug-likeness (QED) is 0.465. The number of aryl methyl sites for hydroxylation is 1. The Bertz CT molecular complexity index is 1050. The molecule has 0 fully saturated rings. The molecule has 1 amide bonds. The third-order valence-electron chi connectivity index (χ3n) is 4.06. The number of ether oxygens (including phenoxy) is 1. The third-order valence-corrected chi connectivity index (χ3v) is 4.06. The Morgan fingerprint density at radius 1 is 1.21 bits per heavy atom. The normalized spacial score (nSPS) is 11.3. The molecule has 0 aliphatic heterocycles. The number of fused-ring (bicyclic) bond motifs is 1. The number of nitrogens with zero attached hydrogens (tertiary/aromatic N) is 3. The smallest absolute Gasteiger partial charge is 0.260 e. The van der Waals surface area contributed by atoms with Crippen molar-refractivity contribution in [3.8, 4) is 5.75 Å². The first-order valence-corrected chi connectivity index (χ1v) is 8.85. The molecule has 0 spiro atoms. The Hall–Kier alpha value is -3.68. The molecule has 2 aromatic carbocycles.